The number of carboxylic acid groups (broad SMARTS) is 1. The number of carboxylic acids is 1. The predicted molar refractivity (Wildman–Crippen MR) is 71.2 cm³/mol. The first-order chi connectivity index (χ1) is 8.53. The molecular weight excluding hydrogens is 246 g/mol. The standard InChI is InChI=1S/C14H25NO4/c1-12(2)6-10(13(3,4)19-12)15-8-14(5,9-15)18-7-11(16)17/h10H,6-9H2,1-5H3,(H,16,17). The Balaban J connectivity index is 1.91. The highest BCUT2D eigenvalue weighted by atomic mass is 16.5. The van der Waals surface area contributed by atoms with E-state index in [-0.39, 0.29) is 23.4 Å². The van der Waals surface area contributed by atoms with Crippen LogP contribution in [0.3, 0.4) is 0 Å². The van der Waals surface area contributed by atoms with Crippen LogP contribution >= 0.6 is 0 Å². The second kappa shape index (κ2) is 4.43. The molecule has 5 heteroatoms. The highest BCUT2D eigenvalue weighted by Crippen LogP contribution is 2.43. The van der Waals surface area contributed by atoms with Crippen molar-refractivity contribution in [2.45, 2.75) is 63.9 Å². The quantitative estimate of drug-likeness (QED) is 0.840. The minimum atomic E-state index is -0.912. The molecule has 0 aromatic heterocycles. The molecule has 0 aliphatic carbocycles. The van der Waals surface area contributed by atoms with E-state index in [9.17, 15) is 4.79 Å². The van der Waals surface area contributed by atoms with Crippen molar-refractivity contribution in [3.8, 4) is 0 Å². The van der Waals surface area contributed by atoms with Gasteiger partial charge in [0.1, 0.15) is 6.61 Å². The average Bonchev–Trinajstić information content (AvgIpc) is 2.39. The summed E-state index contributed by atoms with van der Waals surface area (Å²) < 4.78 is 11.6. The lowest BCUT2D eigenvalue weighted by atomic mass is 9.86. The molecule has 5 nitrogen and oxygen atoms in total. The number of nitrogens with zero attached hydrogens (tertiary/aromatic N) is 1. The van der Waals surface area contributed by atoms with E-state index in [0.29, 0.717) is 6.04 Å². The maximum absolute atomic E-state index is 10.6. The van der Waals surface area contributed by atoms with Gasteiger partial charge >= 0.3 is 5.97 Å². The summed E-state index contributed by atoms with van der Waals surface area (Å²) in [4.78, 5) is 12.9. The van der Waals surface area contributed by atoms with Crippen LogP contribution in [0, 0.1) is 0 Å². The summed E-state index contributed by atoms with van der Waals surface area (Å²) >= 11 is 0. The van der Waals surface area contributed by atoms with Crippen LogP contribution in [0.25, 0.3) is 0 Å². The zero-order valence-electron chi connectivity index (χ0n) is 12.5. The molecular formula is C14H25NO4. The van der Waals surface area contributed by atoms with Crippen molar-refractivity contribution in [3.05, 3.63) is 0 Å². The highest BCUT2D eigenvalue weighted by molar-refractivity contribution is 5.68. The van der Waals surface area contributed by atoms with E-state index in [0.717, 1.165) is 19.5 Å². The van der Waals surface area contributed by atoms with Crippen molar-refractivity contribution in [1.29, 1.82) is 0 Å². The van der Waals surface area contributed by atoms with E-state index in [2.05, 4.69) is 32.6 Å². The fourth-order valence-corrected chi connectivity index (χ4v) is 3.46. The van der Waals surface area contributed by atoms with Gasteiger partial charge in [0.25, 0.3) is 0 Å². The minimum Gasteiger partial charge on any atom is -0.480 e. The fraction of sp³-hybridized carbons (Fsp3) is 0.929. The average molecular weight is 271 g/mol. The van der Waals surface area contributed by atoms with E-state index in [1.807, 2.05) is 6.92 Å². The zero-order valence-corrected chi connectivity index (χ0v) is 12.5. The van der Waals surface area contributed by atoms with Gasteiger partial charge in [0, 0.05) is 19.1 Å². The molecule has 0 radical (unpaired) electrons. The van der Waals surface area contributed by atoms with Crippen LogP contribution in [-0.4, -0.2) is 58.5 Å². The molecule has 1 N–H and O–H groups in total. The van der Waals surface area contributed by atoms with E-state index in [1.54, 1.807) is 0 Å². The number of hydrogen-bond acceptors (Lipinski definition) is 4. The Bertz CT molecular complexity index is 372. The smallest absolute Gasteiger partial charge is 0.329 e. The SMILES string of the molecule is CC1(C)CC(N2CC(C)(OCC(=O)O)C2)C(C)(C)O1. The Kier molecular flexibility index (Phi) is 3.44. The molecule has 0 bridgehead atoms. The highest BCUT2D eigenvalue weighted by Gasteiger charge is 2.53. The number of hydrogen-bond donors (Lipinski definition) is 1. The lowest BCUT2D eigenvalue weighted by Gasteiger charge is -2.52. The number of likely N-dealkylation sites (tertiary alicyclic amines) is 1. The molecule has 0 saturated carbocycles. The normalized spacial score (nSPS) is 31.9. The summed E-state index contributed by atoms with van der Waals surface area (Å²) in [6.45, 7) is 11.8. The third kappa shape index (κ3) is 3.09. The van der Waals surface area contributed by atoms with Gasteiger partial charge in [-0.1, -0.05) is 0 Å². The van der Waals surface area contributed by atoms with E-state index in [1.165, 1.54) is 0 Å². The van der Waals surface area contributed by atoms with Crippen molar-refractivity contribution in [3.63, 3.8) is 0 Å². The van der Waals surface area contributed by atoms with Gasteiger partial charge in [0.2, 0.25) is 0 Å². The van der Waals surface area contributed by atoms with Crippen LogP contribution in [0.15, 0.2) is 0 Å². The van der Waals surface area contributed by atoms with Crippen molar-refractivity contribution >= 4 is 5.97 Å². The molecule has 2 heterocycles. The van der Waals surface area contributed by atoms with Gasteiger partial charge in [-0.3, -0.25) is 4.90 Å². The zero-order chi connectivity index (χ0) is 14.5. The van der Waals surface area contributed by atoms with Gasteiger partial charge in [-0.15, -0.1) is 0 Å². The van der Waals surface area contributed by atoms with Crippen LogP contribution in [-0.2, 0) is 14.3 Å². The molecule has 0 aromatic rings. The third-order valence-corrected chi connectivity index (χ3v) is 4.09. The van der Waals surface area contributed by atoms with Gasteiger partial charge in [-0.2, -0.15) is 0 Å². The second-order valence-corrected chi connectivity index (χ2v) is 7.22. The molecule has 1 atom stereocenters. The number of ether oxygens (including phenoxy) is 2. The molecule has 2 aliphatic rings. The first-order valence-electron chi connectivity index (χ1n) is 6.83. The summed E-state index contributed by atoms with van der Waals surface area (Å²) in [5.41, 5.74) is -0.596. The van der Waals surface area contributed by atoms with Crippen molar-refractivity contribution < 1.29 is 19.4 Å². The first kappa shape index (κ1) is 14.8. The Morgan fingerprint density at radius 1 is 1.32 bits per heavy atom. The number of aliphatic carboxylic acids is 1. The van der Waals surface area contributed by atoms with Gasteiger partial charge < -0.3 is 14.6 Å². The number of carbonyl (C=O) groups is 1. The first-order valence-corrected chi connectivity index (χ1v) is 6.83. The maximum atomic E-state index is 10.6. The van der Waals surface area contributed by atoms with E-state index >= 15 is 0 Å². The molecule has 1 unspecified atom stereocenters. The molecule has 2 aliphatic heterocycles. The van der Waals surface area contributed by atoms with Crippen LogP contribution in [0.4, 0.5) is 0 Å². The lowest BCUT2D eigenvalue weighted by Crippen LogP contribution is -2.67. The summed E-state index contributed by atoms with van der Waals surface area (Å²) in [5.74, 6) is -0.912. The lowest BCUT2D eigenvalue weighted by molar-refractivity contribution is -0.177. The third-order valence-electron chi connectivity index (χ3n) is 4.09. The van der Waals surface area contributed by atoms with Crippen LogP contribution in [0.2, 0.25) is 0 Å². The largest absolute Gasteiger partial charge is 0.480 e. The van der Waals surface area contributed by atoms with Gasteiger partial charge in [-0.25, -0.2) is 4.79 Å². The molecule has 0 aromatic carbocycles. The van der Waals surface area contributed by atoms with Crippen LogP contribution < -0.4 is 0 Å². The summed E-state index contributed by atoms with van der Waals surface area (Å²) in [7, 11) is 0. The van der Waals surface area contributed by atoms with E-state index in [4.69, 9.17) is 14.6 Å². The van der Waals surface area contributed by atoms with Crippen molar-refractivity contribution in [2.24, 2.45) is 0 Å². The summed E-state index contributed by atoms with van der Waals surface area (Å²) in [5, 5.41) is 8.67. The maximum Gasteiger partial charge on any atom is 0.329 e. The van der Waals surface area contributed by atoms with Gasteiger partial charge in [0.05, 0.1) is 16.8 Å². The van der Waals surface area contributed by atoms with Gasteiger partial charge in [-0.05, 0) is 41.0 Å². The minimum absolute atomic E-state index is 0.0952. The molecule has 0 spiro atoms. The molecule has 110 valence electrons. The van der Waals surface area contributed by atoms with E-state index < -0.39 is 5.97 Å². The Morgan fingerprint density at radius 3 is 2.32 bits per heavy atom. The topological polar surface area (TPSA) is 59.0 Å². The molecule has 2 saturated heterocycles. The monoisotopic (exact) mass is 271 g/mol. The van der Waals surface area contributed by atoms with Crippen molar-refractivity contribution in [2.75, 3.05) is 19.7 Å². The Labute approximate surface area is 114 Å². The molecule has 0 amide bonds. The van der Waals surface area contributed by atoms with Crippen molar-refractivity contribution in [1.82, 2.24) is 4.90 Å². The van der Waals surface area contributed by atoms with Gasteiger partial charge in [0.15, 0.2) is 0 Å². The summed E-state index contributed by atoms with van der Waals surface area (Å²) in [6, 6.07) is 0.365. The summed E-state index contributed by atoms with van der Waals surface area (Å²) in [6.07, 6.45) is 0.995. The predicted octanol–water partition coefficient (Wildman–Crippen LogP) is 1.51. The molecule has 2 rings (SSSR count). The van der Waals surface area contributed by atoms with Crippen LogP contribution in [0.1, 0.15) is 41.0 Å². The van der Waals surface area contributed by atoms with Crippen LogP contribution in [0.5, 0.6) is 0 Å². The fourth-order valence-electron chi connectivity index (χ4n) is 3.46. The Morgan fingerprint density at radius 2 is 1.89 bits per heavy atom. The second-order valence-electron chi connectivity index (χ2n) is 7.22. The molecule has 19 heavy (non-hydrogen) atoms. The molecule has 2 fully saturated rings. The Hall–Kier alpha value is -0.650. The number of rotatable bonds is 4.